The number of nitrogens with two attached hydrogens (primary N) is 1. The van der Waals surface area contributed by atoms with Crippen molar-refractivity contribution < 1.29 is 19.1 Å². The molecule has 2 aromatic rings. The van der Waals surface area contributed by atoms with Gasteiger partial charge in [0, 0.05) is 19.2 Å². The number of primary amides is 1. The Bertz CT molecular complexity index is 731. The molecule has 0 aliphatic rings. The lowest BCUT2D eigenvalue weighted by Crippen LogP contribution is -2.34. The first-order valence-electron chi connectivity index (χ1n) is 7.97. The van der Waals surface area contributed by atoms with Crippen LogP contribution in [0.25, 0.3) is 0 Å². The number of hydrogen-bond donors (Lipinski definition) is 1. The summed E-state index contributed by atoms with van der Waals surface area (Å²) in [6.07, 6.45) is 0. The lowest BCUT2D eigenvalue weighted by Gasteiger charge is -2.21. The van der Waals surface area contributed by atoms with Gasteiger partial charge in [0.2, 0.25) is 0 Å². The molecule has 0 saturated heterocycles. The lowest BCUT2D eigenvalue weighted by atomic mass is 10.2. The Morgan fingerprint density at radius 3 is 2.44 bits per heavy atom. The summed E-state index contributed by atoms with van der Waals surface area (Å²) in [5.41, 5.74) is 6.59. The van der Waals surface area contributed by atoms with Crippen molar-refractivity contribution in [3.05, 3.63) is 59.7 Å². The number of carbonyl (C=O) groups excluding carboxylic acids is 2. The normalized spacial score (nSPS) is 10.2. The number of benzene rings is 2. The van der Waals surface area contributed by atoms with Gasteiger partial charge in [0.25, 0.3) is 11.8 Å². The third-order valence-corrected chi connectivity index (χ3v) is 3.76. The van der Waals surface area contributed by atoms with Crippen molar-refractivity contribution in [1.29, 1.82) is 0 Å². The molecule has 0 atom stereocenters. The highest BCUT2D eigenvalue weighted by atomic mass is 16.5. The molecule has 0 unspecified atom stereocenters. The van der Waals surface area contributed by atoms with Crippen LogP contribution in [0.5, 0.6) is 11.5 Å². The summed E-state index contributed by atoms with van der Waals surface area (Å²) in [5, 5.41) is 0. The zero-order valence-electron chi connectivity index (χ0n) is 14.4. The number of hydrogen-bond acceptors (Lipinski definition) is 4. The van der Waals surface area contributed by atoms with Gasteiger partial charge in [-0.3, -0.25) is 9.59 Å². The second-order valence-electron chi connectivity index (χ2n) is 5.41. The monoisotopic (exact) mass is 342 g/mol. The van der Waals surface area contributed by atoms with Crippen LogP contribution < -0.4 is 15.2 Å². The van der Waals surface area contributed by atoms with Crippen LogP contribution in [0.15, 0.2) is 48.5 Å². The lowest BCUT2D eigenvalue weighted by molar-refractivity contribution is -0.133. The van der Waals surface area contributed by atoms with E-state index in [2.05, 4.69) is 0 Å². The summed E-state index contributed by atoms with van der Waals surface area (Å²) < 4.78 is 10.7. The molecule has 2 rings (SSSR count). The Morgan fingerprint density at radius 1 is 1.12 bits per heavy atom. The summed E-state index contributed by atoms with van der Waals surface area (Å²) in [7, 11) is 1.51. The van der Waals surface area contributed by atoms with Gasteiger partial charge in [0.05, 0.1) is 12.7 Å². The predicted molar refractivity (Wildman–Crippen MR) is 94.5 cm³/mol. The Kier molecular flexibility index (Phi) is 6.39. The molecule has 0 fully saturated rings. The van der Waals surface area contributed by atoms with E-state index in [0.29, 0.717) is 18.8 Å². The molecule has 0 aliphatic carbocycles. The smallest absolute Gasteiger partial charge is 0.260 e. The number of nitrogens with zero attached hydrogens (tertiary/aromatic N) is 1. The third-order valence-electron chi connectivity index (χ3n) is 3.76. The van der Waals surface area contributed by atoms with Crippen molar-refractivity contribution in [1.82, 2.24) is 4.90 Å². The number of carbonyl (C=O) groups is 2. The van der Waals surface area contributed by atoms with Gasteiger partial charge in [-0.25, -0.2) is 0 Å². The van der Waals surface area contributed by atoms with Crippen LogP contribution in [0, 0.1) is 0 Å². The Labute approximate surface area is 147 Å². The Balaban J connectivity index is 2.06. The minimum atomic E-state index is -0.623. The first kappa shape index (κ1) is 18.3. The van der Waals surface area contributed by atoms with Crippen LogP contribution in [0.1, 0.15) is 22.8 Å². The van der Waals surface area contributed by atoms with E-state index in [1.807, 2.05) is 37.3 Å². The molecule has 2 amide bonds. The molecule has 6 nitrogen and oxygen atoms in total. The molecular weight excluding hydrogens is 320 g/mol. The van der Waals surface area contributed by atoms with E-state index in [9.17, 15) is 9.59 Å². The number of ether oxygens (including phenoxy) is 2. The maximum absolute atomic E-state index is 12.4. The summed E-state index contributed by atoms with van der Waals surface area (Å²) in [4.78, 5) is 25.6. The average Bonchev–Trinajstić information content (AvgIpc) is 2.64. The quantitative estimate of drug-likeness (QED) is 0.797. The fourth-order valence-electron chi connectivity index (χ4n) is 2.36. The van der Waals surface area contributed by atoms with Gasteiger partial charge in [-0.05, 0) is 24.6 Å². The molecule has 0 bridgehead atoms. The van der Waals surface area contributed by atoms with Crippen LogP contribution in [-0.4, -0.2) is 37.0 Å². The molecule has 2 N–H and O–H groups in total. The molecule has 25 heavy (non-hydrogen) atoms. The standard InChI is InChI=1S/C19H22N2O4/c1-3-21(12-14-7-5-4-6-8-14)18(22)13-25-17-11-15(24-2)9-10-16(17)19(20)23/h4-11H,3,12-13H2,1-2H3,(H2,20,23). The molecule has 6 heteroatoms. The summed E-state index contributed by atoms with van der Waals surface area (Å²) in [6.45, 7) is 2.77. The van der Waals surface area contributed by atoms with Crippen molar-refractivity contribution in [3.63, 3.8) is 0 Å². The van der Waals surface area contributed by atoms with Gasteiger partial charge in [0.15, 0.2) is 6.61 Å². The van der Waals surface area contributed by atoms with E-state index in [-0.39, 0.29) is 23.8 Å². The van der Waals surface area contributed by atoms with E-state index in [1.165, 1.54) is 13.2 Å². The number of amides is 2. The molecule has 0 spiro atoms. The van der Waals surface area contributed by atoms with Crippen LogP contribution in [0.3, 0.4) is 0 Å². The van der Waals surface area contributed by atoms with Gasteiger partial charge >= 0.3 is 0 Å². The molecule has 0 aromatic heterocycles. The maximum atomic E-state index is 12.4. The van der Waals surface area contributed by atoms with Gasteiger partial charge in [-0.2, -0.15) is 0 Å². The minimum absolute atomic E-state index is 0.176. The van der Waals surface area contributed by atoms with Crippen LogP contribution in [0.2, 0.25) is 0 Å². The first-order valence-corrected chi connectivity index (χ1v) is 7.97. The molecule has 0 saturated carbocycles. The first-order chi connectivity index (χ1) is 12.0. The molecule has 2 aromatic carbocycles. The topological polar surface area (TPSA) is 81.9 Å². The van der Waals surface area contributed by atoms with Crippen molar-refractivity contribution in [3.8, 4) is 11.5 Å². The fraction of sp³-hybridized carbons (Fsp3) is 0.263. The van der Waals surface area contributed by atoms with Crippen LogP contribution >= 0.6 is 0 Å². The van der Waals surface area contributed by atoms with Gasteiger partial charge in [-0.15, -0.1) is 0 Å². The predicted octanol–water partition coefficient (Wildman–Crippen LogP) is 2.22. The van der Waals surface area contributed by atoms with Crippen LogP contribution in [0.4, 0.5) is 0 Å². The molecule has 0 radical (unpaired) electrons. The fourth-order valence-corrected chi connectivity index (χ4v) is 2.36. The van der Waals surface area contributed by atoms with Crippen molar-refractivity contribution in [2.75, 3.05) is 20.3 Å². The summed E-state index contributed by atoms with van der Waals surface area (Å²) in [5.74, 6) is -0.0497. The second kappa shape index (κ2) is 8.73. The van der Waals surface area contributed by atoms with Crippen molar-refractivity contribution >= 4 is 11.8 Å². The van der Waals surface area contributed by atoms with E-state index in [1.54, 1.807) is 17.0 Å². The largest absolute Gasteiger partial charge is 0.497 e. The SMILES string of the molecule is CCN(Cc1ccccc1)C(=O)COc1cc(OC)ccc1C(N)=O. The number of likely N-dealkylation sites (N-methyl/N-ethyl adjacent to an activating group) is 1. The van der Waals surface area contributed by atoms with Gasteiger partial charge in [-0.1, -0.05) is 30.3 Å². The van der Waals surface area contributed by atoms with E-state index >= 15 is 0 Å². The Morgan fingerprint density at radius 2 is 1.84 bits per heavy atom. The number of methoxy groups -OCH3 is 1. The molecular formula is C19H22N2O4. The Hall–Kier alpha value is -3.02. The van der Waals surface area contributed by atoms with E-state index in [0.717, 1.165) is 5.56 Å². The summed E-state index contributed by atoms with van der Waals surface area (Å²) in [6, 6.07) is 14.4. The highest BCUT2D eigenvalue weighted by Crippen LogP contribution is 2.24. The van der Waals surface area contributed by atoms with E-state index in [4.69, 9.17) is 15.2 Å². The molecule has 132 valence electrons. The zero-order chi connectivity index (χ0) is 18.2. The number of rotatable bonds is 8. The van der Waals surface area contributed by atoms with Crippen LogP contribution in [-0.2, 0) is 11.3 Å². The van der Waals surface area contributed by atoms with Crippen molar-refractivity contribution in [2.24, 2.45) is 5.73 Å². The molecule has 0 heterocycles. The highest BCUT2D eigenvalue weighted by Gasteiger charge is 2.16. The minimum Gasteiger partial charge on any atom is -0.497 e. The third kappa shape index (κ3) is 4.97. The van der Waals surface area contributed by atoms with E-state index < -0.39 is 5.91 Å². The van der Waals surface area contributed by atoms with Gasteiger partial charge in [0.1, 0.15) is 11.5 Å². The zero-order valence-corrected chi connectivity index (χ0v) is 14.4. The second-order valence-corrected chi connectivity index (χ2v) is 5.41. The highest BCUT2D eigenvalue weighted by molar-refractivity contribution is 5.96. The maximum Gasteiger partial charge on any atom is 0.260 e. The van der Waals surface area contributed by atoms with Crippen molar-refractivity contribution in [2.45, 2.75) is 13.5 Å². The summed E-state index contributed by atoms with van der Waals surface area (Å²) >= 11 is 0. The molecule has 0 aliphatic heterocycles. The van der Waals surface area contributed by atoms with Gasteiger partial charge < -0.3 is 20.1 Å². The average molecular weight is 342 g/mol.